The summed E-state index contributed by atoms with van der Waals surface area (Å²) in [6.07, 6.45) is 1.67. The van der Waals surface area contributed by atoms with Crippen LogP contribution in [0.2, 0.25) is 0 Å². The smallest absolute Gasteiger partial charge is 0.307 e. The Kier molecular flexibility index (Phi) is 11.1. The molecule has 0 bridgehead atoms. The monoisotopic (exact) mass is 258 g/mol. The van der Waals surface area contributed by atoms with Crippen LogP contribution in [0.5, 0.6) is 0 Å². The molecule has 0 fully saturated rings. The van der Waals surface area contributed by atoms with E-state index in [2.05, 4.69) is 30.6 Å². The molecule has 0 aromatic heterocycles. The molecular formula is C14H30N2O2. The third-order valence-electron chi connectivity index (χ3n) is 3.23. The first-order chi connectivity index (χ1) is 8.67. The van der Waals surface area contributed by atoms with Gasteiger partial charge in [0.25, 0.3) is 0 Å². The van der Waals surface area contributed by atoms with E-state index in [0.717, 1.165) is 39.3 Å². The van der Waals surface area contributed by atoms with Gasteiger partial charge < -0.3 is 14.5 Å². The second kappa shape index (κ2) is 11.5. The highest BCUT2D eigenvalue weighted by Crippen LogP contribution is 1.98. The van der Waals surface area contributed by atoms with Gasteiger partial charge in [0.1, 0.15) is 0 Å². The van der Waals surface area contributed by atoms with Crippen LogP contribution in [-0.2, 0) is 9.53 Å². The lowest BCUT2D eigenvalue weighted by atomic mass is 10.3. The Morgan fingerprint density at radius 2 is 1.44 bits per heavy atom. The van der Waals surface area contributed by atoms with E-state index < -0.39 is 0 Å². The van der Waals surface area contributed by atoms with Crippen LogP contribution in [-0.4, -0.2) is 61.6 Å². The van der Waals surface area contributed by atoms with Gasteiger partial charge in [-0.25, -0.2) is 0 Å². The summed E-state index contributed by atoms with van der Waals surface area (Å²) >= 11 is 0. The average Bonchev–Trinajstić information content (AvgIpc) is 2.38. The second-order valence-corrected chi connectivity index (χ2v) is 4.37. The number of esters is 1. The zero-order valence-corrected chi connectivity index (χ0v) is 12.6. The summed E-state index contributed by atoms with van der Waals surface area (Å²) in [5, 5.41) is 0. The van der Waals surface area contributed by atoms with Crippen LogP contribution in [0.3, 0.4) is 0 Å². The number of ether oxygens (including phenoxy) is 1. The molecule has 0 aromatic carbocycles. The van der Waals surface area contributed by atoms with Crippen LogP contribution < -0.4 is 0 Å². The number of carbonyl (C=O) groups excluding carboxylic acids is 1. The van der Waals surface area contributed by atoms with E-state index in [0.29, 0.717) is 13.0 Å². The predicted octanol–water partition coefficient (Wildman–Crippen LogP) is 1.99. The quantitative estimate of drug-likeness (QED) is 0.531. The van der Waals surface area contributed by atoms with Crippen molar-refractivity contribution in [3.8, 4) is 0 Å². The summed E-state index contributed by atoms with van der Waals surface area (Å²) in [5.74, 6) is -0.0836. The van der Waals surface area contributed by atoms with E-state index >= 15 is 0 Å². The fourth-order valence-electron chi connectivity index (χ4n) is 1.97. The zero-order chi connectivity index (χ0) is 13.8. The van der Waals surface area contributed by atoms with E-state index in [1.807, 2.05) is 6.92 Å². The molecule has 0 N–H and O–H groups in total. The molecule has 0 atom stereocenters. The minimum absolute atomic E-state index is 0.0836. The Morgan fingerprint density at radius 3 is 1.94 bits per heavy atom. The van der Waals surface area contributed by atoms with Crippen LogP contribution in [0.15, 0.2) is 0 Å². The van der Waals surface area contributed by atoms with Crippen molar-refractivity contribution in [1.29, 1.82) is 0 Å². The summed E-state index contributed by atoms with van der Waals surface area (Å²) in [5.41, 5.74) is 0. The maximum absolute atomic E-state index is 11.3. The van der Waals surface area contributed by atoms with Gasteiger partial charge in [-0.1, -0.05) is 20.8 Å². The van der Waals surface area contributed by atoms with Crippen LogP contribution >= 0.6 is 0 Å². The van der Waals surface area contributed by atoms with Gasteiger partial charge in [-0.15, -0.1) is 0 Å². The molecule has 18 heavy (non-hydrogen) atoms. The van der Waals surface area contributed by atoms with Crippen molar-refractivity contribution >= 4 is 5.97 Å². The van der Waals surface area contributed by atoms with E-state index in [-0.39, 0.29) is 5.97 Å². The topological polar surface area (TPSA) is 32.8 Å². The molecule has 0 rings (SSSR count). The molecule has 0 radical (unpaired) electrons. The van der Waals surface area contributed by atoms with E-state index in [4.69, 9.17) is 4.74 Å². The molecular weight excluding hydrogens is 228 g/mol. The first-order valence-corrected chi connectivity index (χ1v) is 7.28. The third kappa shape index (κ3) is 8.48. The first kappa shape index (κ1) is 17.4. The maximum atomic E-state index is 11.3. The molecule has 0 spiro atoms. The molecule has 0 aliphatic heterocycles. The average molecular weight is 258 g/mol. The maximum Gasteiger partial charge on any atom is 0.307 e. The zero-order valence-electron chi connectivity index (χ0n) is 12.6. The summed E-state index contributed by atoms with van der Waals surface area (Å²) in [6.45, 7) is 15.1. The molecule has 0 aliphatic rings. The number of rotatable bonds is 11. The van der Waals surface area contributed by atoms with E-state index in [1.54, 1.807) is 0 Å². The van der Waals surface area contributed by atoms with Gasteiger partial charge in [-0.3, -0.25) is 4.79 Å². The summed E-state index contributed by atoms with van der Waals surface area (Å²) < 4.78 is 4.94. The van der Waals surface area contributed by atoms with Crippen LogP contribution in [0.4, 0.5) is 0 Å². The minimum atomic E-state index is -0.0836. The Hall–Kier alpha value is -0.610. The van der Waals surface area contributed by atoms with Crippen molar-refractivity contribution in [2.24, 2.45) is 0 Å². The number of hydrogen-bond acceptors (Lipinski definition) is 4. The van der Waals surface area contributed by atoms with Crippen molar-refractivity contribution in [1.82, 2.24) is 9.80 Å². The summed E-state index contributed by atoms with van der Waals surface area (Å²) in [7, 11) is 0. The highest BCUT2D eigenvalue weighted by Gasteiger charge is 2.07. The van der Waals surface area contributed by atoms with Gasteiger partial charge in [0.2, 0.25) is 0 Å². The van der Waals surface area contributed by atoms with Crippen LogP contribution in [0, 0.1) is 0 Å². The van der Waals surface area contributed by atoms with Gasteiger partial charge in [0.05, 0.1) is 13.0 Å². The van der Waals surface area contributed by atoms with Crippen molar-refractivity contribution in [2.45, 2.75) is 40.5 Å². The lowest BCUT2D eigenvalue weighted by molar-refractivity contribution is -0.143. The molecule has 0 saturated heterocycles. The molecule has 0 heterocycles. The standard InChI is InChI=1S/C14H30N2O2/c1-5-15(6-2)11-9-12-16(7-3)13-10-14(17)18-8-4/h5-13H2,1-4H3. The normalized spacial score (nSPS) is 11.2. The molecule has 4 nitrogen and oxygen atoms in total. The minimum Gasteiger partial charge on any atom is -0.466 e. The Balaban J connectivity index is 3.73. The van der Waals surface area contributed by atoms with Crippen molar-refractivity contribution in [3.05, 3.63) is 0 Å². The molecule has 4 heteroatoms. The largest absolute Gasteiger partial charge is 0.466 e. The van der Waals surface area contributed by atoms with Gasteiger partial charge in [0, 0.05) is 6.54 Å². The highest BCUT2D eigenvalue weighted by molar-refractivity contribution is 5.69. The summed E-state index contributed by atoms with van der Waals surface area (Å²) in [4.78, 5) is 16.0. The Labute approximate surface area is 112 Å². The Bertz CT molecular complexity index is 206. The van der Waals surface area contributed by atoms with Gasteiger partial charge in [-0.2, -0.15) is 0 Å². The predicted molar refractivity (Wildman–Crippen MR) is 75.8 cm³/mol. The van der Waals surface area contributed by atoms with Crippen molar-refractivity contribution < 1.29 is 9.53 Å². The third-order valence-corrected chi connectivity index (χ3v) is 3.23. The van der Waals surface area contributed by atoms with Crippen molar-refractivity contribution in [3.63, 3.8) is 0 Å². The summed E-state index contributed by atoms with van der Waals surface area (Å²) in [6, 6.07) is 0. The first-order valence-electron chi connectivity index (χ1n) is 7.28. The Morgan fingerprint density at radius 1 is 0.889 bits per heavy atom. The van der Waals surface area contributed by atoms with E-state index in [9.17, 15) is 4.79 Å². The number of carbonyl (C=O) groups is 1. The fraction of sp³-hybridized carbons (Fsp3) is 0.929. The lowest BCUT2D eigenvalue weighted by Crippen LogP contribution is -2.31. The molecule has 0 amide bonds. The van der Waals surface area contributed by atoms with Crippen molar-refractivity contribution in [2.75, 3.05) is 45.9 Å². The van der Waals surface area contributed by atoms with Gasteiger partial charge in [0.15, 0.2) is 0 Å². The molecule has 0 aromatic rings. The highest BCUT2D eigenvalue weighted by atomic mass is 16.5. The van der Waals surface area contributed by atoms with Crippen LogP contribution in [0.25, 0.3) is 0 Å². The van der Waals surface area contributed by atoms with E-state index in [1.165, 1.54) is 6.42 Å². The molecule has 0 unspecified atom stereocenters. The second-order valence-electron chi connectivity index (χ2n) is 4.37. The SMILES string of the molecule is CCOC(=O)CCN(CC)CCCN(CC)CC. The molecule has 0 aliphatic carbocycles. The molecule has 108 valence electrons. The molecule has 0 saturated carbocycles. The van der Waals surface area contributed by atoms with Gasteiger partial charge in [-0.05, 0) is 46.1 Å². The number of nitrogens with zero attached hydrogens (tertiary/aromatic N) is 2. The fourth-order valence-corrected chi connectivity index (χ4v) is 1.97. The van der Waals surface area contributed by atoms with Gasteiger partial charge >= 0.3 is 5.97 Å². The lowest BCUT2D eigenvalue weighted by Gasteiger charge is -2.23. The number of hydrogen-bond donors (Lipinski definition) is 0. The van der Waals surface area contributed by atoms with Crippen LogP contribution in [0.1, 0.15) is 40.5 Å².